The predicted molar refractivity (Wildman–Crippen MR) is 78.5 cm³/mol. The van der Waals surface area contributed by atoms with Crippen LogP contribution in [0.4, 0.5) is 5.69 Å². The van der Waals surface area contributed by atoms with Crippen molar-refractivity contribution in [2.45, 2.75) is 13.8 Å². The third-order valence-electron chi connectivity index (χ3n) is 3.20. The van der Waals surface area contributed by atoms with E-state index in [4.69, 9.17) is 4.74 Å². The normalized spacial score (nSPS) is 10.2. The fourth-order valence-electron chi connectivity index (χ4n) is 1.86. The summed E-state index contributed by atoms with van der Waals surface area (Å²) in [6.07, 6.45) is 0. The smallest absolute Gasteiger partial charge is 0.259 e. The van der Waals surface area contributed by atoms with Crippen LogP contribution in [0.1, 0.15) is 21.5 Å². The predicted octanol–water partition coefficient (Wildman–Crippen LogP) is 3.27. The van der Waals surface area contributed by atoms with Gasteiger partial charge < -0.3 is 15.2 Å². The van der Waals surface area contributed by atoms with E-state index in [9.17, 15) is 9.90 Å². The Balaban J connectivity index is 2.21. The van der Waals surface area contributed by atoms with E-state index in [1.54, 1.807) is 43.5 Å². The van der Waals surface area contributed by atoms with Crippen molar-refractivity contribution in [3.63, 3.8) is 0 Å². The van der Waals surface area contributed by atoms with Crippen molar-refractivity contribution in [2.24, 2.45) is 0 Å². The highest BCUT2D eigenvalue weighted by atomic mass is 16.5. The van der Waals surface area contributed by atoms with Crippen LogP contribution in [0.25, 0.3) is 0 Å². The lowest BCUT2D eigenvalue weighted by molar-refractivity contribution is 0.102. The Labute approximate surface area is 118 Å². The molecule has 20 heavy (non-hydrogen) atoms. The number of phenolic OH excluding ortho intramolecular Hbond substituents is 1. The van der Waals surface area contributed by atoms with E-state index in [-0.39, 0.29) is 17.2 Å². The maximum absolute atomic E-state index is 12.2. The summed E-state index contributed by atoms with van der Waals surface area (Å²) >= 11 is 0. The van der Waals surface area contributed by atoms with Crippen LogP contribution in [0.2, 0.25) is 0 Å². The molecule has 0 bridgehead atoms. The third-order valence-corrected chi connectivity index (χ3v) is 3.20. The van der Waals surface area contributed by atoms with Gasteiger partial charge in [0.15, 0.2) is 0 Å². The number of aryl methyl sites for hydroxylation is 2. The highest BCUT2D eigenvalue weighted by molar-refractivity contribution is 6.06. The van der Waals surface area contributed by atoms with E-state index in [0.717, 1.165) is 16.9 Å². The number of hydrogen-bond acceptors (Lipinski definition) is 3. The highest BCUT2D eigenvalue weighted by Crippen LogP contribution is 2.23. The lowest BCUT2D eigenvalue weighted by Crippen LogP contribution is -2.12. The Morgan fingerprint density at radius 1 is 1.10 bits per heavy atom. The Morgan fingerprint density at radius 3 is 2.30 bits per heavy atom. The van der Waals surface area contributed by atoms with Crippen molar-refractivity contribution >= 4 is 11.6 Å². The van der Waals surface area contributed by atoms with Gasteiger partial charge in [-0.05, 0) is 61.4 Å². The summed E-state index contributed by atoms with van der Waals surface area (Å²) in [7, 11) is 1.58. The molecule has 0 saturated carbocycles. The van der Waals surface area contributed by atoms with Crippen molar-refractivity contribution in [3.8, 4) is 11.5 Å². The number of benzene rings is 2. The van der Waals surface area contributed by atoms with Crippen molar-refractivity contribution < 1.29 is 14.6 Å². The molecule has 4 heteroatoms. The molecule has 0 aliphatic carbocycles. The molecule has 0 heterocycles. The number of carbonyl (C=O) groups excluding carboxylic acids is 1. The summed E-state index contributed by atoms with van der Waals surface area (Å²) in [5.74, 6) is 0.368. The number of anilines is 1. The highest BCUT2D eigenvalue weighted by Gasteiger charge is 2.13. The van der Waals surface area contributed by atoms with Crippen LogP contribution in [0.3, 0.4) is 0 Å². The van der Waals surface area contributed by atoms with Gasteiger partial charge in [0.05, 0.1) is 12.7 Å². The number of carbonyl (C=O) groups is 1. The van der Waals surface area contributed by atoms with Crippen molar-refractivity contribution in [1.29, 1.82) is 0 Å². The molecule has 2 aromatic rings. The maximum atomic E-state index is 12.2. The Morgan fingerprint density at radius 2 is 1.70 bits per heavy atom. The standard InChI is InChI=1S/C16H17NO3/c1-10-8-14(15(18)9-11(10)2)16(19)17-12-4-6-13(20-3)7-5-12/h4-9,18H,1-3H3,(H,17,19). The van der Waals surface area contributed by atoms with E-state index < -0.39 is 0 Å². The number of ether oxygens (including phenoxy) is 1. The van der Waals surface area contributed by atoms with E-state index in [1.165, 1.54) is 0 Å². The molecule has 104 valence electrons. The minimum absolute atomic E-state index is 0.0147. The second-order valence-electron chi connectivity index (χ2n) is 4.64. The molecule has 0 aliphatic rings. The summed E-state index contributed by atoms with van der Waals surface area (Å²) in [5.41, 5.74) is 2.82. The van der Waals surface area contributed by atoms with E-state index in [1.807, 2.05) is 13.8 Å². The lowest BCUT2D eigenvalue weighted by Gasteiger charge is -2.10. The summed E-state index contributed by atoms with van der Waals surface area (Å²) < 4.78 is 5.05. The van der Waals surface area contributed by atoms with Crippen molar-refractivity contribution in [3.05, 3.63) is 53.1 Å². The van der Waals surface area contributed by atoms with Gasteiger partial charge in [0.1, 0.15) is 11.5 Å². The first kappa shape index (κ1) is 13.9. The van der Waals surface area contributed by atoms with Gasteiger partial charge in [0, 0.05) is 5.69 Å². The molecular formula is C16H17NO3. The number of amides is 1. The van der Waals surface area contributed by atoms with Gasteiger partial charge in [0.25, 0.3) is 5.91 Å². The number of phenols is 1. The molecule has 0 radical (unpaired) electrons. The van der Waals surface area contributed by atoms with E-state index in [0.29, 0.717) is 5.69 Å². The van der Waals surface area contributed by atoms with Crippen LogP contribution in [-0.2, 0) is 0 Å². The molecule has 4 nitrogen and oxygen atoms in total. The van der Waals surface area contributed by atoms with E-state index >= 15 is 0 Å². The molecule has 0 saturated heterocycles. The first-order valence-corrected chi connectivity index (χ1v) is 6.27. The van der Waals surface area contributed by atoms with Gasteiger partial charge in [-0.1, -0.05) is 0 Å². The molecule has 2 N–H and O–H groups in total. The van der Waals surface area contributed by atoms with Crippen LogP contribution < -0.4 is 10.1 Å². The maximum Gasteiger partial charge on any atom is 0.259 e. The molecule has 0 unspecified atom stereocenters. The van der Waals surface area contributed by atoms with Crippen molar-refractivity contribution in [1.82, 2.24) is 0 Å². The summed E-state index contributed by atoms with van der Waals surface area (Å²) in [4.78, 5) is 12.2. The molecule has 2 rings (SSSR count). The molecule has 0 atom stereocenters. The van der Waals surface area contributed by atoms with Crippen LogP contribution in [0, 0.1) is 13.8 Å². The van der Waals surface area contributed by atoms with Crippen molar-refractivity contribution in [2.75, 3.05) is 12.4 Å². The zero-order valence-electron chi connectivity index (χ0n) is 11.7. The molecular weight excluding hydrogens is 254 g/mol. The first-order chi connectivity index (χ1) is 9.51. The fraction of sp³-hybridized carbons (Fsp3) is 0.188. The SMILES string of the molecule is COc1ccc(NC(=O)c2cc(C)c(C)cc2O)cc1. The van der Waals surface area contributed by atoms with Gasteiger partial charge in [-0.25, -0.2) is 0 Å². The second-order valence-corrected chi connectivity index (χ2v) is 4.64. The Hall–Kier alpha value is -2.49. The fourth-order valence-corrected chi connectivity index (χ4v) is 1.86. The van der Waals surface area contributed by atoms with Gasteiger partial charge >= 0.3 is 0 Å². The third kappa shape index (κ3) is 2.91. The molecule has 0 spiro atoms. The van der Waals surface area contributed by atoms with Gasteiger partial charge in [-0.15, -0.1) is 0 Å². The molecule has 2 aromatic carbocycles. The number of rotatable bonds is 3. The summed E-state index contributed by atoms with van der Waals surface area (Å²) in [6, 6.07) is 10.3. The second kappa shape index (κ2) is 5.65. The molecule has 1 amide bonds. The zero-order chi connectivity index (χ0) is 14.7. The summed E-state index contributed by atoms with van der Waals surface area (Å²) in [6.45, 7) is 3.79. The van der Waals surface area contributed by atoms with Gasteiger partial charge in [-0.3, -0.25) is 4.79 Å². The largest absolute Gasteiger partial charge is 0.507 e. The number of hydrogen-bond donors (Lipinski definition) is 2. The van der Waals surface area contributed by atoms with Crippen LogP contribution in [-0.4, -0.2) is 18.1 Å². The minimum atomic E-state index is -0.337. The van der Waals surface area contributed by atoms with Crippen LogP contribution >= 0.6 is 0 Å². The number of nitrogens with one attached hydrogen (secondary N) is 1. The Bertz CT molecular complexity index is 633. The quantitative estimate of drug-likeness (QED) is 0.900. The van der Waals surface area contributed by atoms with Gasteiger partial charge in [-0.2, -0.15) is 0 Å². The van der Waals surface area contributed by atoms with Crippen LogP contribution in [0.5, 0.6) is 11.5 Å². The van der Waals surface area contributed by atoms with E-state index in [2.05, 4.69) is 5.32 Å². The summed E-state index contributed by atoms with van der Waals surface area (Å²) in [5, 5.41) is 12.6. The number of methoxy groups -OCH3 is 1. The van der Waals surface area contributed by atoms with Crippen LogP contribution in [0.15, 0.2) is 36.4 Å². The Kier molecular flexibility index (Phi) is 3.94. The minimum Gasteiger partial charge on any atom is -0.507 e. The zero-order valence-corrected chi connectivity index (χ0v) is 11.7. The first-order valence-electron chi connectivity index (χ1n) is 6.27. The monoisotopic (exact) mass is 271 g/mol. The average molecular weight is 271 g/mol. The molecule has 0 fully saturated rings. The van der Waals surface area contributed by atoms with Gasteiger partial charge in [0.2, 0.25) is 0 Å². The average Bonchev–Trinajstić information content (AvgIpc) is 2.43. The molecule has 0 aliphatic heterocycles. The lowest BCUT2D eigenvalue weighted by atomic mass is 10.0. The molecule has 0 aromatic heterocycles. The number of aromatic hydroxyl groups is 1. The topological polar surface area (TPSA) is 58.6 Å².